The molecule has 0 aliphatic rings. The average Bonchev–Trinajstić information content (AvgIpc) is 2.91. The van der Waals surface area contributed by atoms with Crippen molar-refractivity contribution in [1.82, 2.24) is 14.5 Å². The first kappa shape index (κ1) is 28.0. The maximum absolute atomic E-state index is 13.7. The number of nitrogens with zero attached hydrogens (tertiary/aromatic N) is 3. The Labute approximate surface area is 226 Å². The van der Waals surface area contributed by atoms with Gasteiger partial charge in [0, 0.05) is 17.7 Å². The minimum atomic E-state index is -4.44. The van der Waals surface area contributed by atoms with Crippen LogP contribution in [-0.2, 0) is 16.3 Å². The van der Waals surface area contributed by atoms with Crippen LogP contribution >= 0.6 is 0 Å². The minimum Gasteiger partial charge on any atom is -0.497 e. The summed E-state index contributed by atoms with van der Waals surface area (Å²) in [6.07, 6.45) is 1.91. The first-order chi connectivity index (χ1) is 18.6. The molecule has 0 spiro atoms. The van der Waals surface area contributed by atoms with E-state index in [2.05, 4.69) is 9.97 Å². The molecule has 39 heavy (non-hydrogen) atoms. The Balaban J connectivity index is 1.82. The van der Waals surface area contributed by atoms with Crippen LogP contribution in [0.5, 0.6) is 11.6 Å². The van der Waals surface area contributed by atoms with Gasteiger partial charge in [0.1, 0.15) is 11.6 Å². The van der Waals surface area contributed by atoms with Crippen molar-refractivity contribution < 1.29 is 22.7 Å². The van der Waals surface area contributed by atoms with Crippen molar-refractivity contribution in [3.05, 3.63) is 94.0 Å². The molecule has 0 saturated heterocycles. The fourth-order valence-corrected chi connectivity index (χ4v) is 5.85. The van der Waals surface area contributed by atoms with Crippen molar-refractivity contribution in [1.29, 1.82) is 0 Å². The smallest absolute Gasteiger partial charge is 0.296 e. The number of hydrogen-bond acceptors (Lipinski definition) is 7. The van der Waals surface area contributed by atoms with E-state index in [-0.39, 0.29) is 4.90 Å². The third kappa shape index (κ3) is 5.56. The van der Waals surface area contributed by atoms with Crippen LogP contribution < -0.4 is 10.3 Å². The number of sulfone groups is 1. The molecule has 204 valence electrons. The number of aryl methyl sites for hydroxylation is 2. The number of ether oxygens (including phenoxy) is 1. The number of halogens is 1. The molecule has 0 aliphatic carbocycles. The van der Waals surface area contributed by atoms with Crippen LogP contribution in [0, 0.1) is 12.9 Å². The minimum absolute atomic E-state index is 0.182. The molecule has 0 bridgehead atoms. The van der Waals surface area contributed by atoms with Crippen molar-refractivity contribution in [3.63, 3.8) is 0 Å². The topological polar surface area (TPSA) is 111 Å². The Morgan fingerprint density at radius 3 is 2.28 bits per heavy atom. The zero-order chi connectivity index (χ0) is 28.3. The molecule has 2 aromatic heterocycles. The molecule has 4 rings (SSSR count). The first-order valence-electron chi connectivity index (χ1n) is 12.6. The molecule has 8 nitrogen and oxygen atoms in total. The molecule has 0 saturated carbocycles. The Morgan fingerprint density at radius 1 is 1.03 bits per heavy atom. The van der Waals surface area contributed by atoms with Crippen molar-refractivity contribution in [2.75, 3.05) is 7.11 Å². The molecular weight excluding hydrogens is 521 g/mol. The first-order valence-corrected chi connectivity index (χ1v) is 14.0. The highest BCUT2D eigenvalue weighted by Gasteiger charge is 2.31. The van der Waals surface area contributed by atoms with Gasteiger partial charge in [-0.05, 0) is 67.8 Å². The highest BCUT2D eigenvalue weighted by Crippen LogP contribution is 2.33. The van der Waals surface area contributed by atoms with Crippen LogP contribution in [0.25, 0.3) is 11.1 Å². The third-order valence-electron chi connectivity index (χ3n) is 6.67. The summed E-state index contributed by atoms with van der Waals surface area (Å²) in [7, 11) is -2.89. The summed E-state index contributed by atoms with van der Waals surface area (Å²) in [5, 5.41) is 11.3. The van der Waals surface area contributed by atoms with Crippen molar-refractivity contribution in [3.8, 4) is 22.8 Å². The van der Waals surface area contributed by atoms with E-state index in [9.17, 15) is 22.7 Å². The van der Waals surface area contributed by atoms with Gasteiger partial charge in [-0.1, -0.05) is 37.6 Å². The summed E-state index contributed by atoms with van der Waals surface area (Å²) in [4.78, 5) is 20.0. The van der Waals surface area contributed by atoms with Gasteiger partial charge in [0.2, 0.25) is 21.7 Å². The normalized spacial score (nSPS) is 12.3. The zero-order valence-corrected chi connectivity index (χ0v) is 23.0. The van der Waals surface area contributed by atoms with E-state index in [0.29, 0.717) is 41.2 Å². The molecule has 1 N–H and O–H groups in total. The van der Waals surface area contributed by atoms with E-state index in [0.717, 1.165) is 12.0 Å². The van der Waals surface area contributed by atoms with Crippen LogP contribution in [0.4, 0.5) is 4.39 Å². The largest absolute Gasteiger partial charge is 0.497 e. The fraction of sp³-hybridized carbons (Fsp3) is 0.276. The molecule has 0 fully saturated rings. The predicted molar refractivity (Wildman–Crippen MR) is 145 cm³/mol. The SMILES string of the molecule is CCCCc1nc(=O)c(S(=O)(=O)c2ccc(-c3ccc(F)nc3C)cc2)c(O)n1[C@@H](C)c1ccc(OC)cc1. The second kappa shape index (κ2) is 11.4. The van der Waals surface area contributed by atoms with Crippen molar-refractivity contribution in [2.24, 2.45) is 0 Å². The van der Waals surface area contributed by atoms with Crippen molar-refractivity contribution in [2.45, 2.75) is 55.9 Å². The number of hydrogen-bond donors (Lipinski definition) is 1. The second-order valence-electron chi connectivity index (χ2n) is 9.20. The highest BCUT2D eigenvalue weighted by molar-refractivity contribution is 7.91. The number of rotatable bonds is 9. The lowest BCUT2D eigenvalue weighted by molar-refractivity contribution is 0.368. The summed E-state index contributed by atoms with van der Waals surface area (Å²) in [5.41, 5.74) is 1.47. The van der Waals surface area contributed by atoms with E-state index >= 15 is 0 Å². The lowest BCUT2D eigenvalue weighted by Gasteiger charge is -2.23. The number of pyridine rings is 1. The lowest BCUT2D eigenvalue weighted by Crippen LogP contribution is -2.27. The Kier molecular flexibility index (Phi) is 8.15. The maximum Gasteiger partial charge on any atom is 0.296 e. The lowest BCUT2D eigenvalue weighted by atomic mass is 10.1. The predicted octanol–water partition coefficient (Wildman–Crippen LogP) is 5.25. The van der Waals surface area contributed by atoms with Gasteiger partial charge in [0.15, 0.2) is 4.90 Å². The number of methoxy groups -OCH3 is 1. The summed E-state index contributed by atoms with van der Waals surface area (Å²) in [6.45, 7) is 5.44. The monoisotopic (exact) mass is 551 g/mol. The molecule has 0 aliphatic heterocycles. The Hall–Kier alpha value is -4.05. The molecule has 1 atom stereocenters. The summed E-state index contributed by atoms with van der Waals surface area (Å²) < 4.78 is 47.4. The molecule has 10 heteroatoms. The Morgan fingerprint density at radius 2 is 1.69 bits per heavy atom. The molecule has 2 heterocycles. The van der Waals surface area contributed by atoms with Gasteiger partial charge >= 0.3 is 0 Å². The van der Waals surface area contributed by atoms with E-state index < -0.39 is 38.2 Å². The number of aromatic hydroxyl groups is 1. The summed E-state index contributed by atoms with van der Waals surface area (Å²) in [5.74, 6) is -0.318. The van der Waals surface area contributed by atoms with Crippen LogP contribution in [0.15, 0.2) is 75.2 Å². The van der Waals surface area contributed by atoms with E-state index in [4.69, 9.17) is 4.74 Å². The van der Waals surface area contributed by atoms with E-state index in [1.54, 1.807) is 51.3 Å². The average molecular weight is 552 g/mol. The Bertz CT molecular complexity index is 1650. The van der Waals surface area contributed by atoms with Gasteiger partial charge in [-0.2, -0.15) is 9.37 Å². The zero-order valence-electron chi connectivity index (χ0n) is 22.2. The molecule has 4 aromatic rings. The fourth-order valence-electron chi connectivity index (χ4n) is 4.50. The summed E-state index contributed by atoms with van der Waals surface area (Å²) >= 11 is 0. The molecular formula is C29H30FN3O5S. The second-order valence-corrected chi connectivity index (χ2v) is 11.1. The summed E-state index contributed by atoms with van der Waals surface area (Å²) in [6, 6.07) is 15.2. The molecule has 0 amide bonds. The van der Waals surface area contributed by atoms with Gasteiger partial charge in [-0.3, -0.25) is 9.36 Å². The number of benzene rings is 2. The van der Waals surface area contributed by atoms with E-state index in [1.165, 1.54) is 22.8 Å². The molecule has 2 aromatic carbocycles. The standard InChI is InChI=1S/C29H30FN3O5S/c1-5-6-7-26-32-28(34)27(29(35)33(26)19(3)20-8-12-22(38-4)13-9-20)39(36,37)23-14-10-21(11-15-23)24-16-17-25(30)31-18(24)2/h8-17,19,35H,5-7H2,1-4H3/t19-/m0/s1. The van der Waals surface area contributed by atoms with Gasteiger partial charge < -0.3 is 9.84 Å². The van der Waals surface area contributed by atoms with Crippen LogP contribution in [0.3, 0.4) is 0 Å². The quantitative estimate of drug-likeness (QED) is 0.283. The maximum atomic E-state index is 13.7. The van der Waals surface area contributed by atoms with Gasteiger partial charge in [0.25, 0.3) is 5.56 Å². The van der Waals surface area contributed by atoms with E-state index in [1.807, 2.05) is 19.1 Å². The van der Waals surface area contributed by atoms with Gasteiger partial charge in [0.05, 0.1) is 18.0 Å². The number of unbranched alkanes of at least 4 members (excludes halogenated alkanes) is 1. The highest BCUT2D eigenvalue weighted by atomic mass is 32.2. The van der Waals surface area contributed by atoms with Crippen LogP contribution in [0.1, 0.15) is 49.8 Å². The molecule has 0 radical (unpaired) electrons. The van der Waals surface area contributed by atoms with Gasteiger partial charge in [-0.25, -0.2) is 13.4 Å². The third-order valence-corrected chi connectivity index (χ3v) is 8.46. The number of aromatic nitrogens is 3. The van der Waals surface area contributed by atoms with Gasteiger partial charge in [-0.15, -0.1) is 0 Å². The van der Waals surface area contributed by atoms with Crippen molar-refractivity contribution >= 4 is 9.84 Å². The van der Waals surface area contributed by atoms with Crippen LogP contribution in [-0.4, -0.2) is 35.2 Å². The van der Waals surface area contributed by atoms with Crippen LogP contribution in [0.2, 0.25) is 0 Å². The molecule has 0 unspecified atom stereocenters.